The first-order valence-corrected chi connectivity index (χ1v) is 11.2. The van der Waals surface area contributed by atoms with Gasteiger partial charge in [-0.3, -0.25) is 14.4 Å². The van der Waals surface area contributed by atoms with Crippen LogP contribution in [0.25, 0.3) is 11.0 Å². The molecule has 2 heterocycles. The fourth-order valence-electron chi connectivity index (χ4n) is 3.82. The first-order valence-electron chi connectivity index (χ1n) is 10.8. The fraction of sp³-hybridized carbons (Fsp3) is 0.500. The van der Waals surface area contributed by atoms with Crippen molar-refractivity contribution >= 4 is 46.3 Å². The Kier molecular flexibility index (Phi) is 7.91. The van der Waals surface area contributed by atoms with Crippen molar-refractivity contribution in [2.75, 3.05) is 13.7 Å². The first-order chi connectivity index (χ1) is 15.7. The quantitative estimate of drug-likeness (QED) is 0.403. The zero-order valence-electron chi connectivity index (χ0n) is 18.7. The van der Waals surface area contributed by atoms with Crippen LogP contribution in [0.2, 0.25) is 5.02 Å². The lowest BCUT2D eigenvalue weighted by Crippen LogP contribution is -2.53. The molecule has 1 aromatic heterocycles. The van der Waals surface area contributed by atoms with Gasteiger partial charge in [0, 0.05) is 12.5 Å². The Labute approximate surface area is 196 Å². The molecule has 3 amide bonds. The molecule has 0 aliphatic carbocycles. The number of amides is 3. The maximum atomic E-state index is 13.1. The lowest BCUT2D eigenvalue weighted by atomic mass is 9.97. The van der Waals surface area contributed by atoms with Crippen molar-refractivity contribution in [2.45, 2.75) is 45.2 Å². The smallest absolute Gasteiger partial charge is 0.328 e. The Bertz CT molecular complexity index is 1050. The largest absolute Gasteiger partial charge is 0.467 e. The van der Waals surface area contributed by atoms with Gasteiger partial charge in [-0.2, -0.15) is 0 Å². The van der Waals surface area contributed by atoms with E-state index in [4.69, 9.17) is 16.3 Å². The van der Waals surface area contributed by atoms with Crippen LogP contribution in [0.5, 0.6) is 0 Å². The maximum Gasteiger partial charge on any atom is 0.328 e. The summed E-state index contributed by atoms with van der Waals surface area (Å²) in [6.07, 6.45) is 1.02. The van der Waals surface area contributed by atoms with Gasteiger partial charge in [0.15, 0.2) is 5.82 Å². The fourth-order valence-corrected chi connectivity index (χ4v) is 4.03. The number of nitrogens with zero attached hydrogens (tertiary/aromatic N) is 1. The van der Waals surface area contributed by atoms with Crippen molar-refractivity contribution in [1.82, 2.24) is 25.9 Å². The number of rotatable bonds is 9. The van der Waals surface area contributed by atoms with Crippen molar-refractivity contribution in [3.05, 3.63) is 29.0 Å². The molecular formula is C22H28ClN5O5. The number of imidazole rings is 1. The lowest BCUT2D eigenvalue weighted by molar-refractivity contribution is -0.146. The number of aromatic nitrogens is 2. The van der Waals surface area contributed by atoms with Crippen LogP contribution in [0, 0.1) is 11.8 Å². The number of carbonyl (C=O) groups is 4. The molecular weight excluding hydrogens is 450 g/mol. The number of hydrogen-bond donors (Lipinski definition) is 4. The number of hydrogen-bond acceptors (Lipinski definition) is 6. The molecule has 0 saturated carbocycles. The van der Waals surface area contributed by atoms with Crippen LogP contribution in [-0.2, 0) is 19.1 Å². The van der Waals surface area contributed by atoms with Gasteiger partial charge in [-0.05, 0) is 37.3 Å². The SMILES string of the molecule is COC(=O)C(C[C@@H]1CCNC1=O)NC(=O)C(CC(C)C)NC(=O)c1nc2cccc(Cl)c2[nH]1. The van der Waals surface area contributed by atoms with Gasteiger partial charge in [-0.15, -0.1) is 0 Å². The number of carbonyl (C=O) groups excluding carboxylic acids is 4. The highest BCUT2D eigenvalue weighted by molar-refractivity contribution is 6.35. The number of H-pyrrole nitrogens is 1. The van der Waals surface area contributed by atoms with Crippen molar-refractivity contribution in [1.29, 1.82) is 0 Å². The number of fused-ring (bicyclic) bond motifs is 1. The van der Waals surface area contributed by atoms with Gasteiger partial charge >= 0.3 is 5.97 Å². The molecule has 3 atom stereocenters. The molecule has 0 bridgehead atoms. The molecule has 11 heteroatoms. The van der Waals surface area contributed by atoms with E-state index in [0.29, 0.717) is 35.4 Å². The Morgan fingerprint density at radius 3 is 2.61 bits per heavy atom. The monoisotopic (exact) mass is 477 g/mol. The van der Waals surface area contributed by atoms with E-state index in [1.165, 1.54) is 7.11 Å². The van der Waals surface area contributed by atoms with Crippen molar-refractivity contribution in [3.63, 3.8) is 0 Å². The Balaban J connectivity index is 1.74. The predicted molar refractivity (Wildman–Crippen MR) is 121 cm³/mol. The highest BCUT2D eigenvalue weighted by Gasteiger charge is 2.34. The summed E-state index contributed by atoms with van der Waals surface area (Å²) in [5, 5.41) is 8.48. The van der Waals surface area contributed by atoms with E-state index in [9.17, 15) is 19.2 Å². The third-order valence-electron chi connectivity index (χ3n) is 5.50. The molecule has 4 N–H and O–H groups in total. The summed E-state index contributed by atoms with van der Waals surface area (Å²) < 4.78 is 4.81. The van der Waals surface area contributed by atoms with Crippen LogP contribution in [-0.4, -0.2) is 59.4 Å². The molecule has 33 heavy (non-hydrogen) atoms. The number of esters is 1. The van der Waals surface area contributed by atoms with Crippen LogP contribution in [0.1, 0.15) is 43.7 Å². The van der Waals surface area contributed by atoms with Crippen LogP contribution >= 0.6 is 11.6 Å². The van der Waals surface area contributed by atoms with Crippen LogP contribution in [0.4, 0.5) is 0 Å². The molecule has 1 aliphatic heterocycles. The second-order valence-corrected chi connectivity index (χ2v) is 8.88. The average molecular weight is 478 g/mol. The standard InChI is InChI=1S/C22H28ClN5O5/c1-11(2)9-15(26-21(31)18-25-14-6-4-5-13(23)17(14)28-18)20(30)27-16(22(32)33-3)10-12-7-8-24-19(12)29/h4-6,11-12,15-16H,7-10H2,1-3H3,(H,24,29)(H,25,28)(H,26,31)(H,27,30)/t12-,15?,16?/m0/s1. The van der Waals surface area contributed by atoms with Crippen LogP contribution in [0.3, 0.4) is 0 Å². The van der Waals surface area contributed by atoms with Crippen LogP contribution in [0.15, 0.2) is 18.2 Å². The van der Waals surface area contributed by atoms with Gasteiger partial charge in [-0.1, -0.05) is 31.5 Å². The van der Waals surface area contributed by atoms with E-state index < -0.39 is 35.8 Å². The summed E-state index contributed by atoms with van der Waals surface area (Å²) in [6.45, 7) is 4.35. The summed E-state index contributed by atoms with van der Waals surface area (Å²) in [5.41, 5.74) is 1.05. The van der Waals surface area contributed by atoms with Gasteiger partial charge in [0.05, 0.1) is 23.2 Å². The second kappa shape index (κ2) is 10.7. The minimum atomic E-state index is -1.01. The zero-order chi connectivity index (χ0) is 24.1. The van der Waals surface area contributed by atoms with Gasteiger partial charge in [0.1, 0.15) is 12.1 Å². The summed E-state index contributed by atoms with van der Waals surface area (Å²) in [7, 11) is 1.22. The zero-order valence-corrected chi connectivity index (χ0v) is 19.5. The Morgan fingerprint density at radius 1 is 1.24 bits per heavy atom. The summed E-state index contributed by atoms with van der Waals surface area (Å²) in [4.78, 5) is 57.2. The summed E-state index contributed by atoms with van der Waals surface area (Å²) in [5.74, 6) is -2.23. The van der Waals surface area contributed by atoms with Gasteiger partial charge < -0.3 is 25.7 Å². The molecule has 2 aromatic rings. The molecule has 1 saturated heterocycles. The van der Waals surface area contributed by atoms with E-state index in [0.717, 1.165) is 0 Å². The normalized spacial score (nSPS) is 17.5. The number of para-hydroxylation sites is 1. The topological polar surface area (TPSA) is 142 Å². The van der Waals surface area contributed by atoms with E-state index in [1.807, 2.05) is 13.8 Å². The molecule has 10 nitrogen and oxygen atoms in total. The third-order valence-corrected chi connectivity index (χ3v) is 5.81. The molecule has 3 rings (SSSR count). The highest BCUT2D eigenvalue weighted by atomic mass is 35.5. The Hall–Kier alpha value is -3.14. The number of aromatic amines is 1. The molecule has 1 fully saturated rings. The van der Waals surface area contributed by atoms with Gasteiger partial charge in [0.25, 0.3) is 5.91 Å². The van der Waals surface area contributed by atoms with E-state index in [2.05, 4.69) is 25.9 Å². The number of methoxy groups -OCH3 is 1. The minimum absolute atomic E-state index is 0.0202. The molecule has 1 aromatic carbocycles. The Morgan fingerprint density at radius 2 is 2.00 bits per heavy atom. The number of ether oxygens (including phenoxy) is 1. The summed E-state index contributed by atoms with van der Waals surface area (Å²) >= 11 is 6.14. The van der Waals surface area contributed by atoms with E-state index >= 15 is 0 Å². The molecule has 178 valence electrons. The maximum absolute atomic E-state index is 13.1. The number of halogens is 1. The first kappa shape index (κ1) is 24.5. The van der Waals surface area contributed by atoms with Crippen molar-refractivity contribution in [3.8, 4) is 0 Å². The lowest BCUT2D eigenvalue weighted by Gasteiger charge is -2.24. The van der Waals surface area contributed by atoms with E-state index in [-0.39, 0.29) is 24.1 Å². The molecule has 0 spiro atoms. The number of nitrogens with one attached hydrogen (secondary N) is 4. The van der Waals surface area contributed by atoms with Crippen molar-refractivity contribution in [2.24, 2.45) is 11.8 Å². The highest BCUT2D eigenvalue weighted by Crippen LogP contribution is 2.21. The van der Waals surface area contributed by atoms with Crippen LogP contribution < -0.4 is 16.0 Å². The number of benzene rings is 1. The average Bonchev–Trinajstić information content (AvgIpc) is 3.39. The molecule has 0 radical (unpaired) electrons. The summed E-state index contributed by atoms with van der Waals surface area (Å²) in [6, 6.07) is 3.18. The second-order valence-electron chi connectivity index (χ2n) is 8.47. The van der Waals surface area contributed by atoms with Gasteiger partial charge in [-0.25, -0.2) is 9.78 Å². The predicted octanol–water partition coefficient (Wildman–Crippen LogP) is 1.54. The molecule has 1 aliphatic rings. The van der Waals surface area contributed by atoms with E-state index in [1.54, 1.807) is 18.2 Å². The van der Waals surface area contributed by atoms with Crippen molar-refractivity contribution < 1.29 is 23.9 Å². The van der Waals surface area contributed by atoms with Gasteiger partial charge in [0.2, 0.25) is 11.8 Å². The minimum Gasteiger partial charge on any atom is -0.467 e. The third kappa shape index (κ3) is 6.01. The molecule has 2 unspecified atom stereocenters.